The van der Waals surface area contributed by atoms with Gasteiger partial charge in [0.15, 0.2) is 5.96 Å². The van der Waals surface area contributed by atoms with Crippen LogP contribution in [0.5, 0.6) is 0 Å². The summed E-state index contributed by atoms with van der Waals surface area (Å²) in [6.45, 7) is 1.55. The van der Waals surface area contributed by atoms with E-state index in [0.717, 1.165) is 18.8 Å². The number of rotatable bonds is 6. The van der Waals surface area contributed by atoms with Crippen LogP contribution in [0.1, 0.15) is 5.56 Å². The van der Waals surface area contributed by atoms with E-state index in [1.54, 1.807) is 7.05 Å². The maximum atomic E-state index is 10.9. The number of aliphatic imine (C=N–C) groups is 1. The van der Waals surface area contributed by atoms with Crippen molar-refractivity contribution in [3.63, 3.8) is 0 Å². The smallest absolute Gasteiger partial charge is 0.208 e. The molecular formula is C13H22N4O2S. The highest BCUT2D eigenvalue weighted by Crippen LogP contribution is 2.02. The number of hydrogen-bond donors (Lipinski definition) is 2. The van der Waals surface area contributed by atoms with Gasteiger partial charge in [0.05, 0.1) is 6.26 Å². The zero-order chi connectivity index (χ0) is 15.0. The molecule has 0 aromatic heterocycles. The Kier molecular flexibility index (Phi) is 6.47. The predicted molar refractivity (Wildman–Crippen MR) is 82.1 cm³/mol. The van der Waals surface area contributed by atoms with Gasteiger partial charge in [-0.15, -0.1) is 0 Å². The molecule has 0 aliphatic heterocycles. The Morgan fingerprint density at radius 1 is 1.25 bits per heavy atom. The molecule has 0 amide bonds. The molecule has 0 fully saturated rings. The van der Waals surface area contributed by atoms with Crippen LogP contribution in [0.15, 0.2) is 35.3 Å². The van der Waals surface area contributed by atoms with E-state index >= 15 is 0 Å². The fourth-order valence-corrected chi connectivity index (χ4v) is 2.20. The summed E-state index contributed by atoms with van der Waals surface area (Å²) in [5, 5.41) is 3.11. The van der Waals surface area contributed by atoms with Crippen molar-refractivity contribution in [2.24, 2.45) is 4.99 Å². The normalized spacial score (nSPS) is 12.2. The number of nitrogens with zero attached hydrogens (tertiary/aromatic N) is 2. The summed E-state index contributed by atoms with van der Waals surface area (Å²) < 4.78 is 24.3. The molecule has 0 radical (unpaired) electrons. The van der Waals surface area contributed by atoms with E-state index in [4.69, 9.17) is 0 Å². The maximum Gasteiger partial charge on any atom is 0.208 e. The molecule has 112 valence electrons. The summed E-state index contributed by atoms with van der Waals surface area (Å²) in [7, 11) is 0.498. The van der Waals surface area contributed by atoms with E-state index in [1.807, 2.05) is 30.1 Å². The van der Waals surface area contributed by atoms with Gasteiger partial charge in [-0.25, -0.2) is 13.1 Å². The SMILES string of the molecule is CN=C(NCCNS(C)(=O)=O)N(C)Cc1ccccc1. The molecule has 0 aliphatic carbocycles. The fourth-order valence-electron chi connectivity index (χ4n) is 1.73. The van der Waals surface area contributed by atoms with Crippen molar-refractivity contribution in [3.8, 4) is 0 Å². The topological polar surface area (TPSA) is 73.8 Å². The molecule has 0 spiro atoms. The van der Waals surface area contributed by atoms with Gasteiger partial charge in [-0.1, -0.05) is 30.3 Å². The molecule has 0 heterocycles. The Balaban J connectivity index is 2.42. The van der Waals surface area contributed by atoms with Crippen molar-refractivity contribution in [3.05, 3.63) is 35.9 Å². The van der Waals surface area contributed by atoms with Crippen LogP contribution in [0.4, 0.5) is 0 Å². The minimum atomic E-state index is -3.14. The van der Waals surface area contributed by atoms with Crippen LogP contribution >= 0.6 is 0 Å². The third-order valence-electron chi connectivity index (χ3n) is 2.61. The minimum Gasteiger partial charge on any atom is -0.355 e. The van der Waals surface area contributed by atoms with Crippen LogP contribution in [0.2, 0.25) is 0 Å². The molecule has 0 saturated heterocycles. The number of hydrogen-bond acceptors (Lipinski definition) is 3. The third-order valence-corrected chi connectivity index (χ3v) is 3.34. The highest BCUT2D eigenvalue weighted by molar-refractivity contribution is 7.88. The monoisotopic (exact) mass is 298 g/mol. The molecule has 0 saturated carbocycles. The fraction of sp³-hybridized carbons (Fsp3) is 0.462. The van der Waals surface area contributed by atoms with E-state index in [0.29, 0.717) is 13.1 Å². The van der Waals surface area contributed by atoms with E-state index < -0.39 is 10.0 Å². The first-order valence-electron chi connectivity index (χ1n) is 6.32. The average molecular weight is 298 g/mol. The zero-order valence-electron chi connectivity index (χ0n) is 12.1. The van der Waals surface area contributed by atoms with Crippen LogP contribution in [-0.4, -0.2) is 52.7 Å². The molecule has 1 aromatic rings. The van der Waals surface area contributed by atoms with Crippen molar-refractivity contribution < 1.29 is 8.42 Å². The number of sulfonamides is 1. The summed E-state index contributed by atoms with van der Waals surface area (Å²) >= 11 is 0. The summed E-state index contributed by atoms with van der Waals surface area (Å²) in [5.41, 5.74) is 1.19. The summed E-state index contributed by atoms with van der Waals surface area (Å²) in [5.74, 6) is 0.726. The Labute approximate surface area is 121 Å². The van der Waals surface area contributed by atoms with Gasteiger partial charge in [0.2, 0.25) is 10.0 Å². The van der Waals surface area contributed by atoms with Crippen molar-refractivity contribution in [2.75, 3.05) is 33.4 Å². The highest BCUT2D eigenvalue weighted by Gasteiger charge is 2.06. The van der Waals surface area contributed by atoms with Crippen LogP contribution in [-0.2, 0) is 16.6 Å². The molecule has 2 N–H and O–H groups in total. The molecule has 0 atom stereocenters. The lowest BCUT2D eigenvalue weighted by molar-refractivity contribution is 0.477. The average Bonchev–Trinajstić information content (AvgIpc) is 2.38. The molecular weight excluding hydrogens is 276 g/mol. The first kappa shape index (κ1) is 16.5. The van der Waals surface area contributed by atoms with Crippen molar-refractivity contribution in [2.45, 2.75) is 6.54 Å². The lowest BCUT2D eigenvalue weighted by Gasteiger charge is -2.22. The van der Waals surface area contributed by atoms with E-state index in [2.05, 4.69) is 27.2 Å². The molecule has 1 aromatic carbocycles. The third kappa shape index (κ3) is 6.53. The lowest BCUT2D eigenvalue weighted by Crippen LogP contribution is -2.42. The maximum absolute atomic E-state index is 10.9. The summed E-state index contributed by atoms with van der Waals surface area (Å²) in [4.78, 5) is 6.15. The predicted octanol–water partition coefficient (Wildman–Crippen LogP) is 0.243. The Hall–Kier alpha value is -1.60. The molecule has 6 nitrogen and oxygen atoms in total. The number of nitrogens with one attached hydrogen (secondary N) is 2. The molecule has 20 heavy (non-hydrogen) atoms. The van der Waals surface area contributed by atoms with Crippen molar-refractivity contribution >= 4 is 16.0 Å². The van der Waals surface area contributed by atoms with Crippen LogP contribution in [0.3, 0.4) is 0 Å². The van der Waals surface area contributed by atoms with Gasteiger partial charge in [0.1, 0.15) is 0 Å². The molecule has 0 aliphatic rings. The van der Waals surface area contributed by atoms with Crippen LogP contribution in [0.25, 0.3) is 0 Å². The first-order valence-corrected chi connectivity index (χ1v) is 8.22. The number of benzene rings is 1. The van der Waals surface area contributed by atoms with Gasteiger partial charge in [-0.2, -0.15) is 0 Å². The van der Waals surface area contributed by atoms with Gasteiger partial charge in [-0.05, 0) is 5.56 Å². The number of guanidine groups is 1. The molecule has 0 unspecified atom stereocenters. The van der Waals surface area contributed by atoms with Crippen LogP contribution < -0.4 is 10.0 Å². The molecule has 1 rings (SSSR count). The van der Waals surface area contributed by atoms with Gasteiger partial charge in [0, 0.05) is 33.7 Å². The van der Waals surface area contributed by atoms with Gasteiger partial charge >= 0.3 is 0 Å². The highest BCUT2D eigenvalue weighted by atomic mass is 32.2. The Bertz CT molecular complexity index is 529. The second kappa shape index (κ2) is 7.86. The second-order valence-electron chi connectivity index (χ2n) is 4.48. The van der Waals surface area contributed by atoms with Gasteiger partial charge < -0.3 is 10.2 Å². The summed E-state index contributed by atoms with van der Waals surface area (Å²) in [6.07, 6.45) is 1.14. The largest absolute Gasteiger partial charge is 0.355 e. The standard InChI is InChI=1S/C13H22N4O2S/c1-14-13(15-9-10-16-20(3,18)19)17(2)11-12-7-5-4-6-8-12/h4-8,16H,9-11H2,1-3H3,(H,14,15). The van der Waals surface area contributed by atoms with E-state index in [-0.39, 0.29) is 0 Å². The Morgan fingerprint density at radius 3 is 2.45 bits per heavy atom. The van der Waals surface area contributed by atoms with E-state index in [9.17, 15) is 8.42 Å². The van der Waals surface area contributed by atoms with E-state index in [1.165, 1.54) is 5.56 Å². The zero-order valence-corrected chi connectivity index (χ0v) is 12.9. The summed E-state index contributed by atoms with van der Waals surface area (Å²) in [6, 6.07) is 10.1. The van der Waals surface area contributed by atoms with Gasteiger partial charge in [-0.3, -0.25) is 4.99 Å². The quantitative estimate of drug-likeness (QED) is 0.448. The van der Waals surface area contributed by atoms with Crippen LogP contribution in [0, 0.1) is 0 Å². The van der Waals surface area contributed by atoms with Crippen molar-refractivity contribution in [1.29, 1.82) is 0 Å². The molecule has 7 heteroatoms. The minimum absolute atomic E-state index is 0.330. The first-order chi connectivity index (χ1) is 9.42. The van der Waals surface area contributed by atoms with Crippen molar-refractivity contribution in [1.82, 2.24) is 14.9 Å². The lowest BCUT2D eigenvalue weighted by atomic mass is 10.2. The second-order valence-corrected chi connectivity index (χ2v) is 6.32. The molecule has 0 bridgehead atoms. The van der Waals surface area contributed by atoms with Gasteiger partial charge in [0.25, 0.3) is 0 Å². The Morgan fingerprint density at radius 2 is 1.90 bits per heavy atom.